The predicted octanol–water partition coefficient (Wildman–Crippen LogP) is 6.29. The van der Waals surface area contributed by atoms with E-state index in [0.29, 0.717) is 11.4 Å². The zero-order valence-corrected chi connectivity index (χ0v) is 17.1. The Labute approximate surface area is 169 Å². The Morgan fingerprint density at radius 3 is 2.75 bits per heavy atom. The van der Waals surface area contributed by atoms with E-state index in [1.165, 1.54) is 22.7 Å². The van der Waals surface area contributed by atoms with Gasteiger partial charge in [0.15, 0.2) is 0 Å². The minimum atomic E-state index is -4.18. The molecule has 0 fully saturated rings. The van der Waals surface area contributed by atoms with Gasteiger partial charge in [0, 0.05) is 27.1 Å². The van der Waals surface area contributed by atoms with Crippen molar-refractivity contribution in [1.82, 2.24) is 4.98 Å². The zero-order valence-electron chi connectivity index (χ0n) is 15.5. The molecule has 8 heteroatoms. The van der Waals surface area contributed by atoms with Crippen LogP contribution in [0, 0.1) is 12.8 Å². The number of alkyl halides is 3. The Balaban J connectivity index is 1.70. The number of carbonyl (C=O) groups excluding carboxylic acids is 1. The van der Waals surface area contributed by atoms with Crippen LogP contribution in [-0.2, 0) is 17.6 Å². The van der Waals surface area contributed by atoms with E-state index in [0.717, 1.165) is 58.0 Å². The predicted molar refractivity (Wildman–Crippen MR) is 107 cm³/mol. The lowest BCUT2D eigenvalue weighted by Crippen LogP contribution is -2.28. The smallest absolute Gasteiger partial charge is 0.313 e. The van der Waals surface area contributed by atoms with Gasteiger partial charge in [0.25, 0.3) is 5.91 Å². The SMILES string of the molecule is Cc1csc(-c2c(NC(=O)C3=CCCCC3)sc3c2CCC(C(F)(F)F)C3)n1. The molecule has 0 saturated carbocycles. The number of rotatable bonds is 3. The van der Waals surface area contributed by atoms with Gasteiger partial charge >= 0.3 is 6.18 Å². The number of amides is 1. The largest absolute Gasteiger partial charge is 0.392 e. The highest BCUT2D eigenvalue weighted by atomic mass is 32.1. The lowest BCUT2D eigenvalue weighted by molar-refractivity contribution is -0.176. The molecule has 150 valence electrons. The molecular weight excluding hydrogens is 405 g/mol. The molecule has 0 bridgehead atoms. The molecule has 0 aliphatic heterocycles. The highest BCUT2D eigenvalue weighted by Crippen LogP contribution is 2.48. The average molecular weight is 427 g/mol. The quantitative estimate of drug-likeness (QED) is 0.627. The number of allylic oxidation sites excluding steroid dienone is 1. The summed E-state index contributed by atoms with van der Waals surface area (Å²) < 4.78 is 39.7. The number of thiazole rings is 1. The second kappa shape index (κ2) is 7.63. The van der Waals surface area contributed by atoms with Crippen LogP contribution in [0.15, 0.2) is 17.0 Å². The van der Waals surface area contributed by atoms with Gasteiger partial charge in [-0.25, -0.2) is 4.98 Å². The Kier molecular flexibility index (Phi) is 5.35. The molecule has 1 atom stereocenters. The van der Waals surface area contributed by atoms with Gasteiger partial charge in [-0.05, 0) is 57.4 Å². The number of halogens is 3. The minimum absolute atomic E-state index is 0.0145. The van der Waals surface area contributed by atoms with Crippen LogP contribution in [0.3, 0.4) is 0 Å². The van der Waals surface area contributed by atoms with Gasteiger partial charge < -0.3 is 5.32 Å². The van der Waals surface area contributed by atoms with Gasteiger partial charge in [-0.1, -0.05) is 6.08 Å². The summed E-state index contributed by atoms with van der Waals surface area (Å²) in [5, 5.41) is 6.33. The topological polar surface area (TPSA) is 42.0 Å². The fraction of sp³-hybridized carbons (Fsp3) is 0.500. The summed E-state index contributed by atoms with van der Waals surface area (Å²) in [4.78, 5) is 18.0. The number of aryl methyl sites for hydroxylation is 1. The van der Waals surface area contributed by atoms with E-state index in [2.05, 4.69) is 10.3 Å². The molecule has 2 aromatic rings. The van der Waals surface area contributed by atoms with Crippen molar-refractivity contribution in [1.29, 1.82) is 0 Å². The summed E-state index contributed by atoms with van der Waals surface area (Å²) in [6.45, 7) is 1.89. The Morgan fingerprint density at radius 1 is 1.29 bits per heavy atom. The lowest BCUT2D eigenvalue weighted by Gasteiger charge is -2.24. The van der Waals surface area contributed by atoms with Crippen molar-refractivity contribution in [2.24, 2.45) is 5.92 Å². The number of hydrogen-bond acceptors (Lipinski definition) is 4. The van der Waals surface area contributed by atoms with E-state index in [9.17, 15) is 18.0 Å². The van der Waals surface area contributed by atoms with Crippen LogP contribution >= 0.6 is 22.7 Å². The molecule has 2 aromatic heterocycles. The van der Waals surface area contributed by atoms with Crippen molar-refractivity contribution >= 4 is 33.6 Å². The maximum Gasteiger partial charge on any atom is 0.392 e. The van der Waals surface area contributed by atoms with E-state index < -0.39 is 12.1 Å². The first-order valence-electron chi connectivity index (χ1n) is 9.47. The number of aromatic nitrogens is 1. The Bertz CT molecular complexity index is 927. The van der Waals surface area contributed by atoms with Crippen molar-refractivity contribution in [3.05, 3.63) is 33.2 Å². The first kappa shape index (κ1) is 19.6. The molecule has 0 spiro atoms. The number of carbonyl (C=O) groups is 1. The van der Waals surface area contributed by atoms with Gasteiger partial charge in [0.1, 0.15) is 10.0 Å². The highest BCUT2D eigenvalue weighted by Gasteiger charge is 2.42. The van der Waals surface area contributed by atoms with Crippen molar-refractivity contribution < 1.29 is 18.0 Å². The van der Waals surface area contributed by atoms with Crippen LogP contribution in [-0.4, -0.2) is 17.1 Å². The normalized spacial score (nSPS) is 19.9. The van der Waals surface area contributed by atoms with Crippen molar-refractivity contribution in [3.8, 4) is 10.6 Å². The van der Waals surface area contributed by atoms with Gasteiger partial charge in [-0.2, -0.15) is 13.2 Å². The maximum absolute atomic E-state index is 13.2. The Morgan fingerprint density at radius 2 is 2.11 bits per heavy atom. The monoisotopic (exact) mass is 426 g/mol. The van der Waals surface area contributed by atoms with E-state index in [1.807, 2.05) is 18.4 Å². The van der Waals surface area contributed by atoms with E-state index in [4.69, 9.17) is 0 Å². The fourth-order valence-corrected chi connectivity index (χ4v) is 6.14. The van der Waals surface area contributed by atoms with Crippen LogP contribution in [0.25, 0.3) is 10.6 Å². The number of nitrogens with one attached hydrogen (secondary N) is 1. The molecular formula is C20H21F3N2OS2. The molecule has 0 aromatic carbocycles. The number of nitrogens with zero attached hydrogens (tertiary/aromatic N) is 1. The van der Waals surface area contributed by atoms with Crippen molar-refractivity contribution in [2.45, 2.75) is 58.0 Å². The minimum Gasteiger partial charge on any atom is -0.313 e. The summed E-state index contributed by atoms with van der Waals surface area (Å²) in [7, 11) is 0. The summed E-state index contributed by atoms with van der Waals surface area (Å²) in [6.07, 6.45) is 1.95. The first-order chi connectivity index (χ1) is 13.3. The van der Waals surface area contributed by atoms with Crippen molar-refractivity contribution in [3.63, 3.8) is 0 Å². The summed E-state index contributed by atoms with van der Waals surface area (Å²) in [5.74, 6) is -1.45. The Hall–Kier alpha value is -1.67. The maximum atomic E-state index is 13.2. The third-order valence-corrected chi connectivity index (χ3v) is 7.52. The van der Waals surface area contributed by atoms with Crippen LogP contribution in [0.4, 0.5) is 18.2 Å². The summed E-state index contributed by atoms with van der Waals surface area (Å²) >= 11 is 2.76. The van der Waals surface area contributed by atoms with Crippen LogP contribution in [0.1, 0.15) is 48.2 Å². The molecule has 2 aliphatic rings. The summed E-state index contributed by atoms with van der Waals surface area (Å²) in [5.41, 5.74) is 3.39. The lowest BCUT2D eigenvalue weighted by atomic mass is 9.87. The number of anilines is 1. The molecule has 1 N–H and O–H groups in total. The van der Waals surface area contributed by atoms with E-state index in [1.54, 1.807) is 0 Å². The van der Waals surface area contributed by atoms with Gasteiger partial charge in [-0.3, -0.25) is 4.79 Å². The molecule has 0 radical (unpaired) electrons. The third kappa shape index (κ3) is 3.89. The number of hydrogen-bond donors (Lipinski definition) is 1. The second-order valence-corrected chi connectivity index (χ2v) is 9.38. The molecule has 0 saturated heterocycles. The molecule has 28 heavy (non-hydrogen) atoms. The standard InChI is InChI=1S/C20H21F3N2OS2/c1-11-10-27-18(24-11)16-14-8-7-13(20(21,22)23)9-15(14)28-19(16)25-17(26)12-5-3-2-4-6-12/h5,10,13H,2-4,6-9H2,1H3,(H,25,26). The van der Waals surface area contributed by atoms with Crippen LogP contribution in [0.5, 0.6) is 0 Å². The van der Waals surface area contributed by atoms with Gasteiger partial charge in [-0.15, -0.1) is 22.7 Å². The van der Waals surface area contributed by atoms with E-state index >= 15 is 0 Å². The fourth-order valence-electron chi connectivity index (χ4n) is 3.88. The summed E-state index contributed by atoms with van der Waals surface area (Å²) in [6, 6.07) is 0. The molecule has 4 rings (SSSR count). The van der Waals surface area contributed by atoms with Crippen molar-refractivity contribution in [2.75, 3.05) is 5.32 Å². The number of thiophene rings is 1. The van der Waals surface area contributed by atoms with Gasteiger partial charge in [0.05, 0.1) is 5.92 Å². The third-order valence-electron chi connectivity index (χ3n) is 5.37. The highest BCUT2D eigenvalue weighted by molar-refractivity contribution is 7.18. The second-order valence-electron chi connectivity index (χ2n) is 7.41. The van der Waals surface area contributed by atoms with Crippen LogP contribution in [0.2, 0.25) is 0 Å². The molecule has 2 heterocycles. The molecule has 1 unspecified atom stereocenters. The first-order valence-corrected chi connectivity index (χ1v) is 11.2. The van der Waals surface area contributed by atoms with Gasteiger partial charge in [0.2, 0.25) is 0 Å². The number of fused-ring (bicyclic) bond motifs is 1. The zero-order chi connectivity index (χ0) is 19.9. The average Bonchev–Trinajstić information content (AvgIpc) is 3.23. The van der Waals surface area contributed by atoms with E-state index in [-0.39, 0.29) is 18.7 Å². The molecule has 2 aliphatic carbocycles. The van der Waals surface area contributed by atoms with Crippen LogP contribution < -0.4 is 5.32 Å². The molecule has 1 amide bonds. The molecule has 3 nitrogen and oxygen atoms in total.